The largest absolute Gasteiger partial charge is 0.492 e. The van der Waals surface area contributed by atoms with Gasteiger partial charge in [0.25, 0.3) is 5.56 Å². The van der Waals surface area contributed by atoms with E-state index in [2.05, 4.69) is 5.10 Å². The van der Waals surface area contributed by atoms with Crippen LogP contribution < -0.4 is 10.3 Å². The van der Waals surface area contributed by atoms with Crippen LogP contribution in [0.1, 0.15) is 18.2 Å². The van der Waals surface area contributed by atoms with Gasteiger partial charge in [-0.15, -0.1) is 0 Å². The van der Waals surface area contributed by atoms with Crippen LogP contribution in [-0.2, 0) is 0 Å². The number of aromatic amines is 1. The Balaban J connectivity index is 2.60. The molecule has 0 saturated heterocycles. The molecule has 1 aromatic carbocycles. The fraction of sp³-hybridized carbons (Fsp3) is 0.308. The van der Waals surface area contributed by atoms with E-state index in [0.29, 0.717) is 12.4 Å². The zero-order valence-corrected chi connectivity index (χ0v) is 10.3. The van der Waals surface area contributed by atoms with E-state index in [0.717, 1.165) is 16.9 Å². The first-order valence-electron chi connectivity index (χ1n) is 5.64. The molecule has 0 bridgehead atoms. The van der Waals surface area contributed by atoms with Gasteiger partial charge < -0.3 is 4.74 Å². The van der Waals surface area contributed by atoms with Gasteiger partial charge in [0, 0.05) is 11.8 Å². The van der Waals surface area contributed by atoms with E-state index >= 15 is 0 Å². The molecule has 4 heteroatoms. The van der Waals surface area contributed by atoms with Crippen LogP contribution in [0.25, 0.3) is 5.69 Å². The standard InChI is InChI=1S/C13H16N2O2/c1-4-17-12-6-5-9(2)7-11(12)15-13(16)8-10(3)14-15/h5-8,14H,4H2,1-3H3. The summed E-state index contributed by atoms with van der Waals surface area (Å²) in [6.07, 6.45) is 0. The molecule has 0 spiro atoms. The Morgan fingerprint density at radius 1 is 1.29 bits per heavy atom. The first-order chi connectivity index (χ1) is 8.11. The van der Waals surface area contributed by atoms with Crippen LogP contribution in [0.5, 0.6) is 5.75 Å². The molecule has 2 rings (SSSR count). The first kappa shape index (κ1) is 11.5. The van der Waals surface area contributed by atoms with Crippen LogP contribution in [0, 0.1) is 13.8 Å². The fourth-order valence-electron chi connectivity index (χ4n) is 1.77. The highest BCUT2D eigenvalue weighted by molar-refractivity contribution is 5.48. The van der Waals surface area contributed by atoms with Crippen LogP contribution in [0.15, 0.2) is 29.1 Å². The summed E-state index contributed by atoms with van der Waals surface area (Å²) in [7, 11) is 0. The number of benzene rings is 1. The van der Waals surface area contributed by atoms with Crippen LogP contribution >= 0.6 is 0 Å². The van der Waals surface area contributed by atoms with E-state index in [-0.39, 0.29) is 5.56 Å². The van der Waals surface area contributed by atoms with Crippen molar-refractivity contribution >= 4 is 0 Å². The van der Waals surface area contributed by atoms with Crippen LogP contribution in [0.3, 0.4) is 0 Å². The Bertz CT molecular complexity index is 581. The molecule has 4 nitrogen and oxygen atoms in total. The van der Waals surface area contributed by atoms with Crippen molar-refractivity contribution in [2.75, 3.05) is 6.61 Å². The molecule has 0 atom stereocenters. The van der Waals surface area contributed by atoms with Crippen molar-refractivity contribution < 1.29 is 4.74 Å². The average molecular weight is 232 g/mol. The van der Waals surface area contributed by atoms with E-state index in [4.69, 9.17) is 4.74 Å². The van der Waals surface area contributed by atoms with Crippen molar-refractivity contribution in [2.45, 2.75) is 20.8 Å². The average Bonchev–Trinajstić information content (AvgIpc) is 2.61. The maximum atomic E-state index is 11.8. The SMILES string of the molecule is CCOc1ccc(C)cc1-n1[nH]c(C)cc1=O. The number of aromatic nitrogens is 2. The smallest absolute Gasteiger partial charge is 0.271 e. The topological polar surface area (TPSA) is 47.0 Å². The molecule has 0 aliphatic carbocycles. The van der Waals surface area contributed by atoms with E-state index in [1.807, 2.05) is 39.0 Å². The Morgan fingerprint density at radius 3 is 2.65 bits per heavy atom. The molecule has 17 heavy (non-hydrogen) atoms. The third kappa shape index (κ3) is 2.25. The second kappa shape index (κ2) is 4.49. The highest BCUT2D eigenvalue weighted by Crippen LogP contribution is 2.22. The molecule has 0 fully saturated rings. The molecule has 1 N–H and O–H groups in total. The summed E-state index contributed by atoms with van der Waals surface area (Å²) in [4.78, 5) is 11.8. The highest BCUT2D eigenvalue weighted by atomic mass is 16.5. The van der Waals surface area contributed by atoms with E-state index in [9.17, 15) is 4.79 Å². The molecule has 90 valence electrons. The number of nitrogens with one attached hydrogen (secondary N) is 1. The first-order valence-corrected chi connectivity index (χ1v) is 5.64. The zero-order chi connectivity index (χ0) is 12.4. The van der Waals surface area contributed by atoms with Gasteiger partial charge in [-0.1, -0.05) is 6.07 Å². The van der Waals surface area contributed by atoms with E-state index < -0.39 is 0 Å². The lowest BCUT2D eigenvalue weighted by molar-refractivity contribution is 0.338. The molecule has 1 aromatic heterocycles. The number of hydrogen-bond donors (Lipinski definition) is 1. The normalized spacial score (nSPS) is 10.5. The molecule has 0 saturated carbocycles. The summed E-state index contributed by atoms with van der Waals surface area (Å²) < 4.78 is 7.04. The number of rotatable bonds is 3. The number of ether oxygens (including phenoxy) is 1. The molecule has 2 aromatic rings. The lowest BCUT2D eigenvalue weighted by atomic mass is 10.2. The summed E-state index contributed by atoms with van der Waals surface area (Å²) in [6, 6.07) is 7.35. The van der Waals surface area contributed by atoms with E-state index in [1.165, 1.54) is 4.68 Å². The summed E-state index contributed by atoms with van der Waals surface area (Å²) in [5.74, 6) is 0.710. The van der Waals surface area contributed by atoms with Crippen LogP contribution in [0.4, 0.5) is 0 Å². The molecule has 0 amide bonds. The molecule has 0 unspecified atom stereocenters. The number of aryl methyl sites for hydroxylation is 2. The molecule has 0 radical (unpaired) electrons. The van der Waals surface area contributed by atoms with Gasteiger partial charge in [0.15, 0.2) is 0 Å². The third-order valence-electron chi connectivity index (χ3n) is 2.50. The van der Waals surface area contributed by atoms with Gasteiger partial charge >= 0.3 is 0 Å². The van der Waals surface area contributed by atoms with Gasteiger partial charge in [-0.2, -0.15) is 0 Å². The third-order valence-corrected chi connectivity index (χ3v) is 2.50. The van der Waals surface area contributed by atoms with Crippen LogP contribution in [-0.4, -0.2) is 16.4 Å². The summed E-state index contributed by atoms with van der Waals surface area (Å²) in [5.41, 5.74) is 2.60. The molecule has 0 aliphatic heterocycles. The van der Waals surface area contributed by atoms with Crippen molar-refractivity contribution in [2.24, 2.45) is 0 Å². The Morgan fingerprint density at radius 2 is 2.06 bits per heavy atom. The summed E-state index contributed by atoms with van der Waals surface area (Å²) in [6.45, 7) is 6.34. The van der Waals surface area contributed by atoms with Crippen molar-refractivity contribution in [3.05, 3.63) is 45.9 Å². The second-order valence-corrected chi connectivity index (χ2v) is 4.02. The Kier molecular flexibility index (Phi) is 3.04. The highest BCUT2D eigenvalue weighted by Gasteiger charge is 2.09. The Labute approximate surface area is 99.8 Å². The number of nitrogens with zero attached hydrogens (tertiary/aromatic N) is 1. The van der Waals surface area contributed by atoms with Gasteiger partial charge in [-0.05, 0) is 38.5 Å². The van der Waals surface area contributed by atoms with Gasteiger partial charge in [-0.25, -0.2) is 4.68 Å². The Hall–Kier alpha value is -1.97. The van der Waals surface area contributed by atoms with Crippen molar-refractivity contribution in [1.82, 2.24) is 9.78 Å². The predicted octanol–water partition coefficient (Wildman–Crippen LogP) is 2.18. The number of H-pyrrole nitrogens is 1. The predicted molar refractivity (Wildman–Crippen MR) is 67.0 cm³/mol. The molecular formula is C13H16N2O2. The quantitative estimate of drug-likeness (QED) is 0.881. The van der Waals surface area contributed by atoms with Crippen molar-refractivity contribution in [1.29, 1.82) is 0 Å². The van der Waals surface area contributed by atoms with Gasteiger partial charge in [0.05, 0.1) is 6.61 Å². The van der Waals surface area contributed by atoms with Crippen molar-refractivity contribution in [3.8, 4) is 11.4 Å². The lowest BCUT2D eigenvalue weighted by Gasteiger charge is -2.11. The lowest BCUT2D eigenvalue weighted by Crippen LogP contribution is -2.15. The maximum Gasteiger partial charge on any atom is 0.271 e. The minimum Gasteiger partial charge on any atom is -0.492 e. The van der Waals surface area contributed by atoms with Gasteiger partial charge in [0.2, 0.25) is 0 Å². The monoisotopic (exact) mass is 232 g/mol. The summed E-state index contributed by atoms with van der Waals surface area (Å²) >= 11 is 0. The minimum absolute atomic E-state index is 0.0750. The van der Waals surface area contributed by atoms with Crippen molar-refractivity contribution in [3.63, 3.8) is 0 Å². The molecule has 1 heterocycles. The summed E-state index contributed by atoms with van der Waals surface area (Å²) in [5, 5.41) is 3.01. The minimum atomic E-state index is -0.0750. The molecular weight excluding hydrogens is 216 g/mol. The van der Waals surface area contributed by atoms with Gasteiger partial charge in [-0.3, -0.25) is 9.89 Å². The maximum absolute atomic E-state index is 11.8. The second-order valence-electron chi connectivity index (χ2n) is 4.02. The number of hydrogen-bond acceptors (Lipinski definition) is 2. The van der Waals surface area contributed by atoms with E-state index in [1.54, 1.807) is 6.07 Å². The van der Waals surface area contributed by atoms with Gasteiger partial charge in [0.1, 0.15) is 11.4 Å². The fourth-order valence-corrected chi connectivity index (χ4v) is 1.77. The molecule has 0 aliphatic rings. The zero-order valence-electron chi connectivity index (χ0n) is 10.3. The van der Waals surface area contributed by atoms with Crippen LogP contribution in [0.2, 0.25) is 0 Å².